The van der Waals surface area contributed by atoms with Crippen LogP contribution in [-0.2, 0) is 0 Å². The van der Waals surface area contributed by atoms with Crippen molar-refractivity contribution in [1.82, 2.24) is 19.6 Å². The highest BCUT2D eigenvalue weighted by atomic mass is 79.9. The molecule has 0 bridgehead atoms. The summed E-state index contributed by atoms with van der Waals surface area (Å²) in [5, 5.41) is 5.39. The number of halogens is 2. The Labute approximate surface area is 161 Å². The van der Waals surface area contributed by atoms with Crippen molar-refractivity contribution in [3.63, 3.8) is 0 Å². The van der Waals surface area contributed by atoms with Crippen molar-refractivity contribution < 1.29 is 9.13 Å². The third kappa shape index (κ3) is 3.30. The van der Waals surface area contributed by atoms with Gasteiger partial charge in [-0.3, -0.25) is 0 Å². The van der Waals surface area contributed by atoms with E-state index in [4.69, 9.17) is 4.74 Å². The number of benzene rings is 2. The largest absolute Gasteiger partial charge is 0.497 e. The second-order valence-corrected chi connectivity index (χ2v) is 7.31. The highest BCUT2D eigenvalue weighted by molar-refractivity contribution is 9.10. The minimum absolute atomic E-state index is 0.345. The minimum Gasteiger partial charge on any atom is -0.497 e. The van der Waals surface area contributed by atoms with Crippen molar-refractivity contribution in [2.75, 3.05) is 7.11 Å². The van der Waals surface area contributed by atoms with E-state index in [1.54, 1.807) is 36.2 Å². The average Bonchev–Trinajstić information content (AvgIpc) is 3.07. The normalized spacial score (nSPS) is 11.0. The summed E-state index contributed by atoms with van der Waals surface area (Å²) in [5.41, 5.74) is 1.22. The molecule has 2 heterocycles. The summed E-state index contributed by atoms with van der Waals surface area (Å²) in [6.07, 6.45) is 3.31. The Morgan fingerprint density at radius 3 is 2.58 bits per heavy atom. The van der Waals surface area contributed by atoms with Gasteiger partial charge in [-0.2, -0.15) is 9.61 Å². The fraction of sp³-hybridized carbons (Fsp3) is 0.0556. The summed E-state index contributed by atoms with van der Waals surface area (Å²) < 4.78 is 21.1. The van der Waals surface area contributed by atoms with Gasteiger partial charge in [0.2, 0.25) is 0 Å². The molecule has 0 aliphatic carbocycles. The van der Waals surface area contributed by atoms with Crippen molar-refractivity contribution in [1.29, 1.82) is 0 Å². The molecule has 0 spiro atoms. The smallest absolute Gasteiger partial charge is 0.251 e. The van der Waals surface area contributed by atoms with Crippen molar-refractivity contribution >= 4 is 33.5 Å². The summed E-state index contributed by atoms with van der Waals surface area (Å²) in [6, 6.07) is 12.6. The number of hydrogen-bond donors (Lipinski definition) is 0. The third-order valence-electron chi connectivity index (χ3n) is 3.70. The maximum absolute atomic E-state index is 13.8. The van der Waals surface area contributed by atoms with E-state index < -0.39 is 0 Å². The molecule has 0 N–H and O–H groups in total. The number of hydrogen-bond acceptors (Lipinski definition) is 5. The molecule has 0 saturated carbocycles. The molecule has 4 rings (SSSR count). The van der Waals surface area contributed by atoms with Gasteiger partial charge in [0.25, 0.3) is 5.78 Å². The van der Waals surface area contributed by atoms with Crippen LogP contribution in [0.1, 0.15) is 0 Å². The van der Waals surface area contributed by atoms with Crippen LogP contribution in [0.4, 0.5) is 4.39 Å². The lowest BCUT2D eigenvalue weighted by Crippen LogP contribution is -1.98. The molecule has 26 heavy (non-hydrogen) atoms. The van der Waals surface area contributed by atoms with Gasteiger partial charge in [-0.05, 0) is 52.3 Å². The number of rotatable bonds is 4. The molecule has 0 aliphatic heterocycles. The van der Waals surface area contributed by atoms with E-state index in [1.165, 1.54) is 17.8 Å². The summed E-state index contributed by atoms with van der Waals surface area (Å²) in [7, 11) is 1.63. The van der Waals surface area contributed by atoms with Crippen LogP contribution in [0.5, 0.6) is 5.75 Å². The molecule has 2 aromatic carbocycles. The molecule has 0 amide bonds. The first kappa shape index (κ1) is 17.0. The van der Waals surface area contributed by atoms with Gasteiger partial charge in [0, 0.05) is 10.5 Å². The van der Waals surface area contributed by atoms with Crippen LogP contribution < -0.4 is 4.74 Å². The number of aromatic nitrogens is 4. The second-order valence-electron chi connectivity index (χ2n) is 5.36. The van der Waals surface area contributed by atoms with E-state index >= 15 is 0 Å². The Bertz CT molecular complexity index is 1080. The molecule has 0 radical (unpaired) electrons. The number of fused-ring (bicyclic) bond motifs is 1. The summed E-state index contributed by atoms with van der Waals surface area (Å²) in [6.45, 7) is 0. The van der Waals surface area contributed by atoms with E-state index in [9.17, 15) is 4.39 Å². The first-order valence-electron chi connectivity index (χ1n) is 7.62. The van der Waals surface area contributed by atoms with Gasteiger partial charge in [0.15, 0.2) is 0 Å². The van der Waals surface area contributed by atoms with Gasteiger partial charge in [0.05, 0.1) is 24.0 Å². The van der Waals surface area contributed by atoms with E-state index in [0.717, 1.165) is 15.7 Å². The van der Waals surface area contributed by atoms with Crippen molar-refractivity contribution in [2.24, 2.45) is 0 Å². The van der Waals surface area contributed by atoms with Crippen molar-refractivity contribution in [3.05, 3.63) is 65.1 Å². The zero-order valence-electron chi connectivity index (χ0n) is 13.6. The summed E-state index contributed by atoms with van der Waals surface area (Å²) >= 11 is 4.67. The molecule has 5 nitrogen and oxygen atoms in total. The Hall–Kier alpha value is -2.45. The number of methoxy groups -OCH3 is 1. The molecular formula is C18H12BrFN4OS. The van der Waals surface area contributed by atoms with Crippen LogP contribution in [0.3, 0.4) is 0 Å². The SMILES string of the molecule is COc1ccc(Sc2cnc3ncc(-c4ccc(Br)c(F)c4)nn23)cc1. The van der Waals surface area contributed by atoms with Crippen LogP contribution in [0.15, 0.2) is 69.3 Å². The Balaban J connectivity index is 1.70. The molecule has 0 saturated heterocycles. The van der Waals surface area contributed by atoms with Crippen LogP contribution in [0.2, 0.25) is 0 Å². The van der Waals surface area contributed by atoms with Crippen LogP contribution in [0, 0.1) is 5.82 Å². The van der Waals surface area contributed by atoms with E-state index in [0.29, 0.717) is 21.5 Å². The van der Waals surface area contributed by atoms with Gasteiger partial charge in [-0.25, -0.2) is 14.4 Å². The van der Waals surface area contributed by atoms with E-state index in [1.807, 2.05) is 24.3 Å². The number of ether oxygens (including phenoxy) is 1. The average molecular weight is 431 g/mol. The molecule has 8 heteroatoms. The lowest BCUT2D eigenvalue weighted by atomic mass is 10.2. The molecule has 130 valence electrons. The van der Waals surface area contributed by atoms with Gasteiger partial charge >= 0.3 is 0 Å². The van der Waals surface area contributed by atoms with E-state index in [2.05, 4.69) is 31.0 Å². The molecule has 0 aliphatic rings. The van der Waals surface area contributed by atoms with E-state index in [-0.39, 0.29) is 5.82 Å². The molecule has 0 fully saturated rings. The molecular weight excluding hydrogens is 419 g/mol. The highest BCUT2D eigenvalue weighted by Gasteiger charge is 2.11. The third-order valence-corrected chi connectivity index (χ3v) is 5.33. The molecule has 0 atom stereocenters. The topological polar surface area (TPSA) is 52.3 Å². The van der Waals surface area contributed by atoms with Crippen molar-refractivity contribution in [3.8, 4) is 17.0 Å². The predicted molar refractivity (Wildman–Crippen MR) is 101 cm³/mol. The summed E-state index contributed by atoms with van der Waals surface area (Å²) in [5.74, 6) is 0.942. The first-order valence-corrected chi connectivity index (χ1v) is 9.23. The standard InChI is InChI=1S/C18H12BrFN4OS/c1-25-12-3-5-13(6-4-12)26-17-10-22-18-21-9-16(23-24(17)18)11-2-7-14(19)15(20)8-11/h2-10H,1H3. The number of nitrogens with zero attached hydrogens (tertiary/aromatic N) is 4. The van der Waals surface area contributed by atoms with Gasteiger partial charge in [-0.15, -0.1) is 0 Å². The van der Waals surface area contributed by atoms with Crippen molar-refractivity contribution in [2.45, 2.75) is 9.92 Å². The minimum atomic E-state index is -0.345. The Morgan fingerprint density at radius 2 is 1.85 bits per heavy atom. The quantitative estimate of drug-likeness (QED) is 0.462. The summed E-state index contributed by atoms with van der Waals surface area (Å²) in [4.78, 5) is 9.62. The highest BCUT2D eigenvalue weighted by Crippen LogP contribution is 2.29. The lowest BCUT2D eigenvalue weighted by Gasteiger charge is -2.05. The zero-order valence-corrected chi connectivity index (χ0v) is 16.0. The maximum Gasteiger partial charge on any atom is 0.251 e. The molecule has 4 aromatic rings. The second kappa shape index (κ2) is 7.05. The fourth-order valence-corrected chi connectivity index (χ4v) is 3.45. The van der Waals surface area contributed by atoms with Gasteiger partial charge in [-0.1, -0.05) is 17.8 Å². The van der Waals surface area contributed by atoms with Crippen LogP contribution >= 0.6 is 27.7 Å². The first-order chi connectivity index (χ1) is 12.6. The zero-order chi connectivity index (χ0) is 18.1. The number of imidazole rings is 1. The Kier molecular flexibility index (Phi) is 4.60. The molecule has 2 aromatic heterocycles. The van der Waals surface area contributed by atoms with Crippen LogP contribution in [0.25, 0.3) is 17.0 Å². The van der Waals surface area contributed by atoms with Crippen LogP contribution in [-0.4, -0.2) is 26.7 Å². The lowest BCUT2D eigenvalue weighted by molar-refractivity contribution is 0.414. The van der Waals surface area contributed by atoms with Gasteiger partial charge in [0.1, 0.15) is 22.3 Å². The Morgan fingerprint density at radius 1 is 1.08 bits per heavy atom. The maximum atomic E-state index is 13.8. The predicted octanol–water partition coefficient (Wildman–Crippen LogP) is 4.85. The molecule has 0 unspecified atom stereocenters. The fourth-order valence-electron chi connectivity index (χ4n) is 2.38. The monoisotopic (exact) mass is 430 g/mol. The van der Waals surface area contributed by atoms with Gasteiger partial charge < -0.3 is 4.74 Å².